The number of rotatable bonds is 0. The SMILES string of the molecule is CC1=C2CC[C@@H](C)[C@H]2[C@@H]2[C@H](CC1)C2(C)C. The Bertz CT molecular complexity index is 321. The molecule has 0 N–H and O–H groups in total. The number of allylic oxidation sites excluding steroid dienone is 2. The van der Waals surface area contributed by atoms with E-state index in [1.165, 1.54) is 25.7 Å². The lowest BCUT2D eigenvalue weighted by molar-refractivity contribution is 0.362. The molecule has 0 nitrogen and oxygen atoms in total. The normalized spacial score (nSPS) is 47.2. The fourth-order valence-corrected chi connectivity index (χ4v) is 4.73. The second-order valence-corrected chi connectivity index (χ2v) is 6.84. The van der Waals surface area contributed by atoms with Gasteiger partial charge in [-0.3, -0.25) is 0 Å². The molecule has 0 bridgehead atoms. The molecule has 0 aromatic heterocycles. The summed E-state index contributed by atoms with van der Waals surface area (Å²) in [5, 5.41) is 0. The largest absolute Gasteiger partial charge is 0.0738 e. The van der Waals surface area contributed by atoms with Crippen LogP contribution in [0, 0.1) is 29.1 Å². The maximum absolute atomic E-state index is 2.51. The lowest BCUT2D eigenvalue weighted by Gasteiger charge is -2.20. The van der Waals surface area contributed by atoms with Gasteiger partial charge in [0.2, 0.25) is 0 Å². The Morgan fingerprint density at radius 2 is 1.87 bits per heavy atom. The molecule has 0 heterocycles. The fourth-order valence-electron chi connectivity index (χ4n) is 4.73. The van der Waals surface area contributed by atoms with E-state index in [4.69, 9.17) is 0 Å². The van der Waals surface area contributed by atoms with E-state index >= 15 is 0 Å². The molecule has 3 aliphatic rings. The van der Waals surface area contributed by atoms with Crippen molar-refractivity contribution in [2.75, 3.05) is 0 Å². The van der Waals surface area contributed by atoms with Gasteiger partial charge in [-0.15, -0.1) is 0 Å². The highest BCUT2D eigenvalue weighted by Gasteiger charge is 2.62. The first-order valence-corrected chi connectivity index (χ1v) is 6.72. The summed E-state index contributed by atoms with van der Waals surface area (Å²) in [6.45, 7) is 9.90. The Hall–Kier alpha value is -0.260. The van der Waals surface area contributed by atoms with Crippen molar-refractivity contribution < 1.29 is 0 Å². The molecule has 0 aliphatic heterocycles. The number of hydrogen-bond acceptors (Lipinski definition) is 0. The maximum Gasteiger partial charge on any atom is -0.0138 e. The van der Waals surface area contributed by atoms with E-state index in [1.54, 1.807) is 5.57 Å². The van der Waals surface area contributed by atoms with Crippen molar-refractivity contribution in [1.29, 1.82) is 0 Å². The van der Waals surface area contributed by atoms with Crippen LogP contribution in [0.4, 0.5) is 0 Å². The summed E-state index contributed by atoms with van der Waals surface area (Å²) >= 11 is 0. The van der Waals surface area contributed by atoms with Crippen LogP contribution in [0.15, 0.2) is 11.1 Å². The first-order chi connectivity index (χ1) is 7.03. The Labute approximate surface area is 94.1 Å². The first-order valence-electron chi connectivity index (χ1n) is 6.72. The Morgan fingerprint density at radius 3 is 2.60 bits per heavy atom. The van der Waals surface area contributed by atoms with Gasteiger partial charge in [-0.1, -0.05) is 31.9 Å². The van der Waals surface area contributed by atoms with E-state index in [1.807, 2.05) is 5.57 Å². The van der Waals surface area contributed by atoms with E-state index in [9.17, 15) is 0 Å². The predicted molar refractivity (Wildman–Crippen MR) is 64.6 cm³/mol. The minimum Gasteiger partial charge on any atom is -0.0738 e. The van der Waals surface area contributed by atoms with Crippen molar-refractivity contribution in [2.24, 2.45) is 29.1 Å². The van der Waals surface area contributed by atoms with Crippen LogP contribution in [0.25, 0.3) is 0 Å². The molecule has 15 heavy (non-hydrogen) atoms. The zero-order chi connectivity index (χ0) is 10.8. The zero-order valence-corrected chi connectivity index (χ0v) is 10.6. The molecular formula is C15H24. The average molecular weight is 204 g/mol. The zero-order valence-electron chi connectivity index (χ0n) is 10.6. The molecule has 2 fully saturated rings. The maximum atomic E-state index is 2.51. The molecular weight excluding hydrogens is 180 g/mol. The van der Waals surface area contributed by atoms with E-state index < -0.39 is 0 Å². The van der Waals surface area contributed by atoms with Crippen LogP contribution >= 0.6 is 0 Å². The van der Waals surface area contributed by atoms with Crippen LogP contribution in [0.2, 0.25) is 0 Å². The predicted octanol–water partition coefficient (Wildman–Crippen LogP) is 4.42. The molecule has 84 valence electrons. The molecule has 3 rings (SSSR count). The third kappa shape index (κ3) is 1.20. The lowest BCUT2D eigenvalue weighted by atomic mass is 9.85. The molecule has 0 radical (unpaired) electrons. The fraction of sp³-hybridized carbons (Fsp3) is 0.867. The van der Waals surface area contributed by atoms with Crippen LogP contribution in [0.1, 0.15) is 53.4 Å². The van der Waals surface area contributed by atoms with Gasteiger partial charge in [0, 0.05) is 0 Å². The quantitative estimate of drug-likeness (QED) is 0.513. The summed E-state index contributed by atoms with van der Waals surface area (Å²) in [6, 6.07) is 0. The molecule has 2 saturated carbocycles. The van der Waals surface area contributed by atoms with Crippen LogP contribution < -0.4 is 0 Å². The van der Waals surface area contributed by atoms with Crippen molar-refractivity contribution in [3.8, 4) is 0 Å². The summed E-state index contributed by atoms with van der Waals surface area (Å²) in [5.74, 6) is 3.99. The smallest absolute Gasteiger partial charge is 0.0138 e. The molecule has 0 saturated heterocycles. The molecule has 0 unspecified atom stereocenters. The molecule has 0 aromatic carbocycles. The molecule has 0 aromatic rings. The summed E-state index contributed by atoms with van der Waals surface area (Å²) in [5.41, 5.74) is 4.29. The first kappa shape index (κ1) is 9.93. The second-order valence-electron chi connectivity index (χ2n) is 6.84. The molecule has 0 heteroatoms. The Balaban J connectivity index is 1.99. The van der Waals surface area contributed by atoms with Crippen molar-refractivity contribution in [3.05, 3.63) is 11.1 Å². The lowest BCUT2D eigenvalue weighted by Crippen LogP contribution is -2.12. The van der Waals surface area contributed by atoms with Gasteiger partial charge in [0.15, 0.2) is 0 Å². The van der Waals surface area contributed by atoms with Gasteiger partial charge >= 0.3 is 0 Å². The molecule has 4 atom stereocenters. The van der Waals surface area contributed by atoms with E-state index in [-0.39, 0.29) is 0 Å². The summed E-state index contributed by atoms with van der Waals surface area (Å²) in [4.78, 5) is 0. The van der Waals surface area contributed by atoms with Gasteiger partial charge < -0.3 is 0 Å². The summed E-state index contributed by atoms with van der Waals surface area (Å²) in [6.07, 6.45) is 5.73. The Morgan fingerprint density at radius 1 is 1.13 bits per heavy atom. The number of hydrogen-bond donors (Lipinski definition) is 0. The van der Waals surface area contributed by atoms with Gasteiger partial charge in [0.25, 0.3) is 0 Å². The van der Waals surface area contributed by atoms with Crippen molar-refractivity contribution in [1.82, 2.24) is 0 Å². The van der Waals surface area contributed by atoms with Crippen molar-refractivity contribution in [2.45, 2.75) is 53.4 Å². The highest BCUT2D eigenvalue weighted by molar-refractivity contribution is 5.29. The van der Waals surface area contributed by atoms with Gasteiger partial charge in [-0.05, 0) is 61.7 Å². The third-order valence-corrected chi connectivity index (χ3v) is 5.79. The standard InChI is InChI=1S/C15H24/c1-9-6-8-12-14(15(12,3)4)13-10(2)5-7-11(9)13/h10,12-14H,5-8H2,1-4H3/t10-,12+,13-,14+/m1/s1. The van der Waals surface area contributed by atoms with Gasteiger partial charge in [-0.2, -0.15) is 0 Å². The second kappa shape index (κ2) is 2.90. The van der Waals surface area contributed by atoms with E-state index in [2.05, 4.69) is 27.7 Å². The number of fused-ring (bicyclic) bond motifs is 3. The van der Waals surface area contributed by atoms with Crippen LogP contribution in [0.5, 0.6) is 0 Å². The summed E-state index contributed by atoms with van der Waals surface area (Å²) in [7, 11) is 0. The molecule has 3 aliphatic carbocycles. The Kier molecular flexibility index (Phi) is 1.92. The van der Waals surface area contributed by atoms with Gasteiger partial charge in [0.1, 0.15) is 0 Å². The highest BCUT2D eigenvalue weighted by Crippen LogP contribution is 2.69. The monoisotopic (exact) mass is 204 g/mol. The highest BCUT2D eigenvalue weighted by atomic mass is 14.7. The van der Waals surface area contributed by atoms with E-state index in [0.29, 0.717) is 5.41 Å². The van der Waals surface area contributed by atoms with Gasteiger partial charge in [-0.25, -0.2) is 0 Å². The average Bonchev–Trinajstić information content (AvgIpc) is 2.55. The minimum atomic E-state index is 0.662. The van der Waals surface area contributed by atoms with Crippen LogP contribution in [-0.4, -0.2) is 0 Å². The van der Waals surface area contributed by atoms with Crippen LogP contribution in [0.3, 0.4) is 0 Å². The van der Waals surface area contributed by atoms with Crippen molar-refractivity contribution in [3.63, 3.8) is 0 Å². The van der Waals surface area contributed by atoms with Crippen molar-refractivity contribution >= 4 is 0 Å². The van der Waals surface area contributed by atoms with Gasteiger partial charge in [0.05, 0.1) is 0 Å². The summed E-state index contributed by atoms with van der Waals surface area (Å²) < 4.78 is 0. The van der Waals surface area contributed by atoms with E-state index in [0.717, 1.165) is 23.7 Å². The molecule has 0 spiro atoms. The van der Waals surface area contributed by atoms with Crippen LogP contribution in [-0.2, 0) is 0 Å². The minimum absolute atomic E-state index is 0.662. The topological polar surface area (TPSA) is 0 Å². The molecule has 0 amide bonds. The third-order valence-electron chi connectivity index (χ3n) is 5.79.